The minimum absolute atomic E-state index is 0.0328. The monoisotopic (exact) mass is 264 g/mol. The smallest absolute Gasteiger partial charge is 0.323 e. The van der Waals surface area contributed by atoms with Crippen LogP contribution in [-0.4, -0.2) is 22.4 Å². The number of halogens is 1. The Morgan fingerprint density at radius 1 is 1.32 bits per heavy atom. The van der Waals surface area contributed by atoms with Gasteiger partial charge in [-0.25, -0.2) is 9.18 Å². The molecule has 5 heteroatoms. The lowest BCUT2D eigenvalue weighted by Gasteiger charge is -2.25. The highest BCUT2D eigenvalue weighted by Crippen LogP contribution is 2.26. The molecule has 2 rings (SSSR count). The first-order valence-corrected chi connectivity index (χ1v) is 6.23. The summed E-state index contributed by atoms with van der Waals surface area (Å²) in [5.74, 6) is -0.758. The number of imide groups is 1. The normalized spacial score (nSPS) is 23.1. The van der Waals surface area contributed by atoms with Crippen molar-refractivity contribution in [1.29, 1.82) is 0 Å². The van der Waals surface area contributed by atoms with Gasteiger partial charge < -0.3 is 5.32 Å². The van der Waals surface area contributed by atoms with E-state index in [-0.39, 0.29) is 18.4 Å². The van der Waals surface area contributed by atoms with E-state index in [4.69, 9.17) is 0 Å². The zero-order valence-corrected chi connectivity index (χ0v) is 11.2. The Hall–Kier alpha value is -1.91. The van der Waals surface area contributed by atoms with Gasteiger partial charge in [-0.15, -0.1) is 0 Å². The maximum absolute atomic E-state index is 13.6. The first kappa shape index (κ1) is 13.5. The molecule has 0 spiro atoms. The molecule has 3 amide bonds. The van der Waals surface area contributed by atoms with E-state index in [0.29, 0.717) is 5.56 Å². The van der Waals surface area contributed by atoms with E-state index in [1.807, 2.05) is 13.8 Å². The minimum atomic E-state index is -0.914. The molecule has 1 aromatic carbocycles. The van der Waals surface area contributed by atoms with Crippen molar-refractivity contribution in [2.75, 3.05) is 0 Å². The Kier molecular flexibility index (Phi) is 3.30. The Morgan fingerprint density at radius 2 is 1.95 bits per heavy atom. The summed E-state index contributed by atoms with van der Waals surface area (Å²) < 4.78 is 13.6. The molecule has 102 valence electrons. The van der Waals surface area contributed by atoms with Gasteiger partial charge in [-0.3, -0.25) is 9.69 Å². The zero-order chi connectivity index (χ0) is 14.2. The maximum Gasteiger partial charge on any atom is 0.325 e. The van der Waals surface area contributed by atoms with Crippen molar-refractivity contribution in [3.05, 3.63) is 35.6 Å². The van der Waals surface area contributed by atoms with Crippen LogP contribution in [0.5, 0.6) is 0 Å². The fourth-order valence-electron chi connectivity index (χ4n) is 2.05. The Labute approximate surface area is 111 Å². The number of rotatable bonds is 3. The van der Waals surface area contributed by atoms with Crippen LogP contribution in [0.4, 0.5) is 9.18 Å². The summed E-state index contributed by atoms with van der Waals surface area (Å²) in [5.41, 5.74) is -0.582. The van der Waals surface area contributed by atoms with Crippen molar-refractivity contribution in [3.63, 3.8) is 0 Å². The maximum atomic E-state index is 13.6. The third-order valence-electron chi connectivity index (χ3n) is 3.74. The molecule has 1 aromatic rings. The fraction of sp³-hybridized carbons (Fsp3) is 0.429. The van der Waals surface area contributed by atoms with Crippen LogP contribution in [0, 0.1) is 11.7 Å². The van der Waals surface area contributed by atoms with Gasteiger partial charge in [0.1, 0.15) is 11.4 Å². The lowest BCUT2D eigenvalue weighted by molar-refractivity contribution is -0.132. The number of carbonyl (C=O) groups is 2. The molecule has 0 radical (unpaired) electrons. The highest BCUT2D eigenvalue weighted by Gasteiger charge is 2.49. The third kappa shape index (κ3) is 2.20. The van der Waals surface area contributed by atoms with Crippen molar-refractivity contribution in [2.24, 2.45) is 5.92 Å². The Morgan fingerprint density at radius 3 is 2.47 bits per heavy atom. The largest absolute Gasteiger partial charge is 0.325 e. The topological polar surface area (TPSA) is 49.4 Å². The van der Waals surface area contributed by atoms with Crippen LogP contribution in [0.2, 0.25) is 0 Å². The van der Waals surface area contributed by atoms with E-state index in [0.717, 1.165) is 4.90 Å². The molecule has 19 heavy (non-hydrogen) atoms. The van der Waals surface area contributed by atoms with Gasteiger partial charge in [0.25, 0.3) is 5.91 Å². The summed E-state index contributed by atoms with van der Waals surface area (Å²) in [6.45, 7) is 5.38. The van der Waals surface area contributed by atoms with Crippen molar-refractivity contribution < 1.29 is 14.0 Å². The van der Waals surface area contributed by atoms with Crippen LogP contribution in [-0.2, 0) is 11.3 Å². The molecule has 0 saturated carbocycles. The lowest BCUT2D eigenvalue weighted by atomic mass is 9.88. The molecule has 1 aliphatic heterocycles. The van der Waals surface area contributed by atoms with Crippen LogP contribution in [0.1, 0.15) is 26.3 Å². The van der Waals surface area contributed by atoms with Crippen molar-refractivity contribution in [2.45, 2.75) is 32.9 Å². The van der Waals surface area contributed by atoms with Crippen molar-refractivity contribution >= 4 is 11.9 Å². The number of hydrogen-bond donors (Lipinski definition) is 1. The summed E-state index contributed by atoms with van der Waals surface area (Å²) in [5, 5.41) is 2.68. The molecule has 4 nitrogen and oxygen atoms in total. The number of hydrogen-bond acceptors (Lipinski definition) is 2. The highest BCUT2D eigenvalue weighted by atomic mass is 19.1. The van der Waals surface area contributed by atoms with E-state index in [1.54, 1.807) is 25.1 Å². The molecule has 1 N–H and O–H groups in total. The molecule has 0 aliphatic carbocycles. The number of nitrogens with one attached hydrogen (secondary N) is 1. The van der Waals surface area contributed by atoms with Gasteiger partial charge in [-0.05, 0) is 18.9 Å². The molecule has 1 saturated heterocycles. The second kappa shape index (κ2) is 4.64. The van der Waals surface area contributed by atoms with E-state index < -0.39 is 17.4 Å². The summed E-state index contributed by atoms with van der Waals surface area (Å²) in [6.07, 6.45) is 0. The quantitative estimate of drug-likeness (QED) is 0.851. The standard InChI is InChI=1S/C14H17FN2O2/c1-9(2)14(3)12(18)17(13(19)16-14)8-10-6-4-5-7-11(10)15/h4-7,9H,8H2,1-3H3,(H,16,19). The first-order chi connectivity index (χ1) is 8.86. The number of carbonyl (C=O) groups excluding carboxylic acids is 2. The predicted octanol–water partition coefficient (Wildman–Crippen LogP) is 2.29. The van der Waals surface area contributed by atoms with Crippen LogP contribution in [0.3, 0.4) is 0 Å². The fourth-order valence-corrected chi connectivity index (χ4v) is 2.05. The molecule has 1 heterocycles. The minimum Gasteiger partial charge on any atom is -0.323 e. The number of nitrogens with zero attached hydrogens (tertiary/aromatic N) is 1. The molecular weight excluding hydrogens is 247 g/mol. The van der Waals surface area contributed by atoms with Gasteiger partial charge in [0.2, 0.25) is 0 Å². The SMILES string of the molecule is CC(C)C1(C)NC(=O)N(Cc2ccccc2F)C1=O. The molecule has 0 bridgehead atoms. The van der Waals surface area contributed by atoms with Crippen LogP contribution < -0.4 is 5.32 Å². The molecular formula is C14H17FN2O2. The van der Waals surface area contributed by atoms with Gasteiger partial charge >= 0.3 is 6.03 Å². The highest BCUT2D eigenvalue weighted by molar-refractivity contribution is 6.06. The van der Waals surface area contributed by atoms with Crippen molar-refractivity contribution in [3.8, 4) is 0 Å². The van der Waals surface area contributed by atoms with Gasteiger partial charge in [-0.1, -0.05) is 32.0 Å². The summed E-state index contributed by atoms with van der Waals surface area (Å²) in [4.78, 5) is 25.3. The van der Waals surface area contributed by atoms with Crippen LogP contribution in [0.25, 0.3) is 0 Å². The predicted molar refractivity (Wildman–Crippen MR) is 68.7 cm³/mol. The molecule has 1 fully saturated rings. The zero-order valence-electron chi connectivity index (χ0n) is 11.2. The molecule has 0 aromatic heterocycles. The van der Waals surface area contributed by atoms with Crippen LogP contribution in [0.15, 0.2) is 24.3 Å². The van der Waals surface area contributed by atoms with E-state index in [2.05, 4.69) is 5.32 Å². The number of amides is 3. The van der Waals surface area contributed by atoms with E-state index in [9.17, 15) is 14.0 Å². The van der Waals surface area contributed by atoms with E-state index in [1.165, 1.54) is 6.07 Å². The summed E-state index contributed by atoms with van der Waals surface area (Å²) in [7, 11) is 0. The average Bonchev–Trinajstić information content (AvgIpc) is 2.57. The van der Waals surface area contributed by atoms with Gasteiger partial charge in [0.15, 0.2) is 0 Å². The third-order valence-corrected chi connectivity index (χ3v) is 3.74. The van der Waals surface area contributed by atoms with Gasteiger partial charge in [0, 0.05) is 5.56 Å². The van der Waals surface area contributed by atoms with E-state index >= 15 is 0 Å². The molecule has 1 aliphatic rings. The second-order valence-corrected chi connectivity index (χ2v) is 5.27. The summed E-state index contributed by atoms with van der Waals surface area (Å²) in [6, 6.07) is 5.67. The second-order valence-electron chi connectivity index (χ2n) is 5.27. The van der Waals surface area contributed by atoms with Gasteiger partial charge in [0.05, 0.1) is 6.54 Å². The molecule has 1 atom stereocenters. The average molecular weight is 264 g/mol. The number of urea groups is 1. The van der Waals surface area contributed by atoms with Gasteiger partial charge in [-0.2, -0.15) is 0 Å². The Bertz CT molecular complexity index is 530. The number of benzene rings is 1. The first-order valence-electron chi connectivity index (χ1n) is 6.23. The lowest BCUT2D eigenvalue weighted by Crippen LogP contribution is -2.48. The van der Waals surface area contributed by atoms with Crippen LogP contribution >= 0.6 is 0 Å². The summed E-state index contributed by atoms with van der Waals surface area (Å²) >= 11 is 0. The Balaban J connectivity index is 2.25. The van der Waals surface area contributed by atoms with Crippen molar-refractivity contribution in [1.82, 2.24) is 10.2 Å². The molecule has 1 unspecified atom stereocenters.